The summed E-state index contributed by atoms with van der Waals surface area (Å²) in [7, 11) is 0. The van der Waals surface area contributed by atoms with Crippen molar-refractivity contribution in [2.45, 2.75) is 13.3 Å². The van der Waals surface area contributed by atoms with Crippen LogP contribution in [0.5, 0.6) is 5.75 Å². The van der Waals surface area contributed by atoms with Gasteiger partial charge in [-0.25, -0.2) is 0 Å². The fourth-order valence-corrected chi connectivity index (χ4v) is 2.71. The number of ether oxygens (including phenoxy) is 1. The zero-order valence-electron chi connectivity index (χ0n) is 7.89. The summed E-state index contributed by atoms with van der Waals surface area (Å²) in [5.41, 5.74) is 1.17. The molecule has 1 aromatic carbocycles. The quantitative estimate of drug-likeness (QED) is 0.862. The van der Waals surface area contributed by atoms with E-state index in [9.17, 15) is 0 Å². The second-order valence-electron chi connectivity index (χ2n) is 2.98. The molecule has 0 radical (unpaired) electrons. The lowest BCUT2D eigenvalue weighted by molar-refractivity contribution is 0.232. The Morgan fingerprint density at radius 2 is 1.86 bits per heavy atom. The second kappa shape index (κ2) is 5.73. The molecule has 78 valence electrons. The molecule has 1 rings (SSSR count). The molecular formula is C10H12Br2O2. The minimum absolute atomic E-state index is 0.154. The number of hydrogen-bond acceptors (Lipinski definition) is 2. The van der Waals surface area contributed by atoms with Gasteiger partial charge in [0.15, 0.2) is 0 Å². The number of aliphatic hydroxyl groups excluding tert-OH is 1. The lowest BCUT2D eigenvalue weighted by Gasteiger charge is -2.10. The van der Waals surface area contributed by atoms with Gasteiger partial charge in [-0.2, -0.15) is 0 Å². The molecule has 0 spiro atoms. The third kappa shape index (κ3) is 3.26. The van der Waals surface area contributed by atoms with Gasteiger partial charge in [0.25, 0.3) is 0 Å². The minimum atomic E-state index is 0.154. The highest BCUT2D eigenvalue weighted by Gasteiger charge is 2.06. The van der Waals surface area contributed by atoms with Crippen molar-refractivity contribution in [3.05, 3.63) is 26.6 Å². The molecule has 2 nitrogen and oxygen atoms in total. The van der Waals surface area contributed by atoms with E-state index in [-0.39, 0.29) is 6.61 Å². The Hall–Kier alpha value is -0.0600. The third-order valence-electron chi connectivity index (χ3n) is 1.69. The monoisotopic (exact) mass is 322 g/mol. The fourth-order valence-electron chi connectivity index (χ4n) is 1.06. The van der Waals surface area contributed by atoms with Crippen LogP contribution in [0.3, 0.4) is 0 Å². The summed E-state index contributed by atoms with van der Waals surface area (Å²) in [6.45, 7) is 2.70. The van der Waals surface area contributed by atoms with Crippen LogP contribution in [0.1, 0.15) is 12.0 Å². The molecule has 0 saturated heterocycles. The van der Waals surface area contributed by atoms with Crippen LogP contribution in [0.2, 0.25) is 0 Å². The van der Waals surface area contributed by atoms with Crippen LogP contribution in [-0.2, 0) is 0 Å². The summed E-state index contributed by atoms with van der Waals surface area (Å²) in [5, 5.41) is 8.62. The topological polar surface area (TPSA) is 29.5 Å². The fraction of sp³-hybridized carbons (Fsp3) is 0.400. The highest BCUT2D eigenvalue weighted by molar-refractivity contribution is 9.11. The molecule has 0 aromatic heterocycles. The van der Waals surface area contributed by atoms with Gasteiger partial charge in [0.05, 0.1) is 15.6 Å². The largest absolute Gasteiger partial charge is 0.491 e. The molecule has 4 heteroatoms. The molecule has 0 aliphatic heterocycles. The Bertz CT molecular complexity index is 290. The molecule has 14 heavy (non-hydrogen) atoms. The van der Waals surface area contributed by atoms with Crippen molar-refractivity contribution in [1.29, 1.82) is 0 Å². The van der Waals surface area contributed by atoms with Crippen molar-refractivity contribution < 1.29 is 9.84 Å². The Morgan fingerprint density at radius 3 is 2.36 bits per heavy atom. The normalized spacial score (nSPS) is 10.3. The molecule has 0 atom stereocenters. The van der Waals surface area contributed by atoms with Crippen molar-refractivity contribution in [3.8, 4) is 5.75 Å². The lowest BCUT2D eigenvalue weighted by Crippen LogP contribution is -2.01. The Morgan fingerprint density at radius 1 is 1.29 bits per heavy atom. The van der Waals surface area contributed by atoms with Crippen LogP contribution < -0.4 is 4.74 Å². The summed E-state index contributed by atoms with van der Waals surface area (Å²) in [4.78, 5) is 0. The molecular weight excluding hydrogens is 312 g/mol. The maximum Gasteiger partial charge on any atom is 0.147 e. The van der Waals surface area contributed by atoms with E-state index < -0.39 is 0 Å². The van der Waals surface area contributed by atoms with Crippen molar-refractivity contribution in [2.24, 2.45) is 0 Å². The first-order valence-electron chi connectivity index (χ1n) is 4.34. The molecule has 0 aliphatic carbocycles. The molecule has 1 N–H and O–H groups in total. The summed E-state index contributed by atoms with van der Waals surface area (Å²) in [6, 6.07) is 4.00. The van der Waals surface area contributed by atoms with E-state index in [0.29, 0.717) is 13.0 Å². The molecule has 0 heterocycles. The average molecular weight is 324 g/mol. The van der Waals surface area contributed by atoms with Gasteiger partial charge >= 0.3 is 0 Å². The standard InChI is InChI=1S/C10H12Br2O2/c1-7-5-8(11)10(9(12)6-7)14-4-2-3-13/h5-6,13H,2-4H2,1H3. The van der Waals surface area contributed by atoms with Crippen molar-refractivity contribution >= 4 is 31.9 Å². The van der Waals surface area contributed by atoms with Gasteiger partial charge in [-0.3, -0.25) is 0 Å². The van der Waals surface area contributed by atoms with Gasteiger partial charge < -0.3 is 9.84 Å². The number of aliphatic hydroxyl groups is 1. The minimum Gasteiger partial charge on any atom is -0.491 e. The first-order valence-corrected chi connectivity index (χ1v) is 5.93. The average Bonchev–Trinajstić information content (AvgIpc) is 2.09. The molecule has 0 fully saturated rings. The van der Waals surface area contributed by atoms with Crippen LogP contribution >= 0.6 is 31.9 Å². The van der Waals surface area contributed by atoms with Crippen LogP contribution in [0.4, 0.5) is 0 Å². The predicted octanol–water partition coefficient (Wildman–Crippen LogP) is 3.28. The summed E-state index contributed by atoms with van der Waals surface area (Å²) in [6.07, 6.45) is 0.646. The van der Waals surface area contributed by atoms with Crippen LogP contribution in [0.15, 0.2) is 21.1 Å². The maximum absolute atomic E-state index is 8.62. The molecule has 0 aliphatic rings. The van der Waals surface area contributed by atoms with Gasteiger partial charge in [-0.15, -0.1) is 0 Å². The van der Waals surface area contributed by atoms with Gasteiger partial charge in [0.2, 0.25) is 0 Å². The lowest BCUT2D eigenvalue weighted by atomic mass is 10.2. The van der Waals surface area contributed by atoms with E-state index in [0.717, 1.165) is 14.7 Å². The highest BCUT2D eigenvalue weighted by Crippen LogP contribution is 2.34. The Kier molecular flexibility index (Phi) is 4.92. The van der Waals surface area contributed by atoms with Crippen LogP contribution in [0.25, 0.3) is 0 Å². The summed E-state index contributed by atoms with van der Waals surface area (Å²) >= 11 is 6.87. The number of halogens is 2. The Labute approximate surface area is 101 Å². The van der Waals surface area contributed by atoms with Gasteiger partial charge in [-0.1, -0.05) is 0 Å². The Balaban J connectivity index is 2.75. The van der Waals surface area contributed by atoms with Crippen LogP contribution in [0, 0.1) is 6.92 Å². The van der Waals surface area contributed by atoms with Gasteiger partial charge in [0.1, 0.15) is 5.75 Å². The first kappa shape index (κ1) is 12.0. The van der Waals surface area contributed by atoms with E-state index in [1.807, 2.05) is 19.1 Å². The van der Waals surface area contributed by atoms with Crippen molar-refractivity contribution in [3.63, 3.8) is 0 Å². The zero-order valence-corrected chi connectivity index (χ0v) is 11.1. The summed E-state index contributed by atoms with van der Waals surface area (Å²) in [5.74, 6) is 0.795. The molecule has 0 bridgehead atoms. The second-order valence-corrected chi connectivity index (χ2v) is 4.69. The van der Waals surface area contributed by atoms with Gasteiger partial charge in [-0.05, 0) is 56.5 Å². The van der Waals surface area contributed by atoms with E-state index in [1.165, 1.54) is 5.56 Å². The highest BCUT2D eigenvalue weighted by atomic mass is 79.9. The molecule has 0 unspecified atom stereocenters. The maximum atomic E-state index is 8.62. The number of rotatable bonds is 4. The number of benzene rings is 1. The van der Waals surface area contributed by atoms with E-state index >= 15 is 0 Å². The summed E-state index contributed by atoms with van der Waals surface area (Å²) < 4.78 is 7.37. The van der Waals surface area contributed by atoms with Gasteiger partial charge in [0, 0.05) is 13.0 Å². The third-order valence-corrected chi connectivity index (χ3v) is 2.87. The first-order chi connectivity index (χ1) is 6.65. The van der Waals surface area contributed by atoms with Crippen LogP contribution in [-0.4, -0.2) is 18.3 Å². The van der Waals surface area contributed by atoms with E-state index in [1.54, 1.807) is 0 Å². The predicted molar refractivity (Wildman–Crippen MR) is 63.8 cm³/mol. The number of hydrogen-bond donors (Lipinski definition) is 1. The van der Waals surface area contributed by atoms with E-state index in [2.05, 4.69) is 31.9 Å². The zero-order chi connectivity index (χ0) is 10.6. The van der Waals surface area contributed by atoms with E-state index in [4.69, 9.17) is 9.84 Å². The van der Waals surface area contributed by atoms with Crippen molar-refractivity contribution in [2.75, 3.05) is 13.2 Å². The van der Waals surface area contributed by atoms with Crippen molar-refractivity contribution in [1.82, 2.24) is 0 Å². The smallest absolute Gasteiger partial charge is 0.147 e. The number of aryl methyl sites for hydroxylation is 1. The SMILES string of the molecule is Cc1cc(Br)c(OCCCO)c(Br)c1. The molecule has 0 saturated carbocycles. The molecule has 0 amide bonds. The molecule has 1 aromatic rings.